The number of nitrogens with one attached hydrogen (secondary N) is 3. The van der Waals surface area contributed by atoms with E-state index in [4.69, 9.17) is 26.3 Å². The molecule has 1 aliphatic heterocycles. The third kappa shape index (κ3) is 3.21. The van der Waals surface area contributed by atoms with E-state index in [0.29, 0.717) is 17.4 Å². The van der Waals surface area contributed by atoms with Gasteiger partial charge in [-0.3, -0.25) is 10.8 Å². The maximum Gasteiger partial charge on any atom is 0.285 e. The number of hydrogen-bond acceptors (Lipinski definition) is 6. The Morgan fingerprint density at radius 1 is 1.33 bits per heavy atom. The molecule has 27 heavy (non-hydrogen) atoms. The number of nitrogens with zero attached hydrogens (tertiary/aromatic N) is 3. The normalized spacial score (nSPS) is 16.6. The van der Waals surface area contributed by atoms with Crippen molar-refractivity contribution < 1.29 is 4.74 Å². The summed E-state index contributed by atoms with van der Waals surface area (Å²) in [5.41, 5.74) is 7.52. The number of H-pyrrole nitrogens is 1. The third-order valence-electron chi connectivity index (χ3n) is 4.88. The summed E-state index contributed by atoms with van der Waals surface area (Å²) in [6, 6.07) is 7.34. The van der Waals surface area contributed by atoms with Gasteiger partial charge >= 0.3 is 0 Å². The first-order valence-corrected chi connectivity index (χ1v) is 8.85. The van der Waals surface area contributed by atoms with Gasteiger partial charge in [-0.15, -0.1) is 0 Å². The molecule has 4 rings (SSSR count). The number of aromatic amines is 1. The van der Waals surface area contributed by atoms with Crippen molar-refractivity contribution in [2.24, 2.45) is 5.73 Å². The molecule has 1 saturated heterocycles. The number of rotatable bonds is 3. The van der Waals surface area contributed by atoms with Gasteiger partial charge in [0.05, 0.1) is 0 Å². The lowest BCUT2D eigenvalue weighted by Gasteiger charge is -2.22. The second kappa shape index (κ2) is 6.71. The van der Waals surface area contributed by atoms with Gasteiger partial charge in [-0.2, -0.15) is 0 Å². The zero-order valence-corrected chi connectivity index (χ0v) is 15.0. The van der Waals surface area contributed by atoms with Gasteiger partial charge in [0.25, 0.3) is 6.02 Å². The molecule has 0 spiro atoms. The number of hydrogen-bond donors (Lipinski definition) is 4. The van der Waals surface area contributed by atoms with Crippen LogP contribution in [0.15, 0.2) is 36.7 Å². The summed E-state index contributed by atoms with van der Waals surface area (Å²) in [6.07, 6.45) is 6.01. The number of nitrogens with two attached hydrogens (primary N) is 1. The van der Waals surface area contributed by atoms with Crippen molar-refractivity contribution in [3.63, 3.8) is 0 Å². The topological polar surface area (TPSA) is 128 Å². The van der Waals surface area contributed by atoms with E-state index in [0.717, 1.165) is 28.8 Å². The average Bonchev–Trinajstić information content (AvgIpc) is 3.26. The smallest absolute Gasteiger partial charge is 0.285 e. The molecule has 0 radical (unpaired) electrons. The van der Waals surface area contributed by atoms with Crippen LogP contribution in [0.1, 0.15) is 25.3 Å². The minimum atomic E-state index is -0.509. The van der Waals surface area contributed by atoms with Crippen LogP contribution in [-0.2, 0) is 4.74 Å². The second-order valence-corrected chi connectivity index (χ2v) is 6.68. The van der Waals surface area contributed by atoms with Crippen molar-refractivity contribution >= 4 is 28.6 Å². The average molecular weight is 363 g/mol. The Morgan fingerprint density at radius 2 is 2.19 bits per heavy atom. The van der Waals surface area contributed by atoms with Crippen LogP contribution in [0.25, 0.3) is 22.3 Å². The fourth-order valence-electron chi connectivity index (χ4n) is 3.53. The van der Waals surface area contributed by atoms with E-state index in [1.165, 1.54) is 12.8 Å². The van der Waals surface area contributed by atoms with E-state index in [2.05, 4.69) is 21.8 Å². The van der Waals surface area contributed by atoms with Crippen molar-refractivity contribution in [1.29, 1.82) is 10.8 Å². The minimum absolute atomic E-state index is 0.169. The van der Waals surface area contributed by atoms with Gasteiger partial charge in [0, 0.05) is 47.0 Å². The fraction of sp³-hybridized carbons (Fsp3) is 0.263. The van der Waals surface area contributed by atoms with E-state index >= 15 is 0 Å². The lowest BCUT2D eigenvalue weighted by molar-refractivity contribution is 0.527. The van der Waals surface area contributed by atoms with Crippen LogP contribution in [0.2, 0.25) is 0 Å². The van der Waals surface area contributed by atoms with Gasteiger partial charge in [0.2, 0.25) is 5.90 Å². The molecule has 5 N–H and O–H groups in total. The number of amidine groups is 1. The van der Waals surface area contributed by atoms with Crippen molar-refractivity contribution in [3.05, 3.63) is 42.2 Å². The largest absolute Gasteiger partial charge is 0.407 e. The maximum atomic E-state index is 7.94. The Morgan fingerprint density at radius 3 is 2.93 bits per heavy atom. The first kappa shape index (κ1) is 17.0. The molecule has 3 heterocycles. The quantitative estimate of drug-likeness (QED) is 0.420. The van der Waals surface area contributed by atoms with E-state index in [-0.39, 0.29) is 5.90 Å². The second-order valence-electron chi connectivity index (χ2n) is 6.68. The zero-order chi connectivity index (χ0) is 19.0. The molecule has 3 aromatic rings. The lowest BCUT2D eigenvalue weighted by Crippen LogP contribution is -2.27. The summed E-state index contributed by atoms with van der Waals surface area (Å²) >= 11 is 0. The fourth-order valence-corrected chi connectivity index (χ4v) is 3.53. The van der Waals surface area contributed by atoms with E-state index in [1.54, 1.807) is 12.3 Å². The van der Waals surface area contributed by atoms with Crippen LogP contribution in [0, 0.1) is 10.8 Å². The number of aromatic nitrogens is 3. The Hall–Kier alpha value is -3.42. The van der Waals surface area contributed by atoms with Crippen LogP contribution in [-0.4, -0.2) is 39.5 Å². The molecular formula is C19H21N7O. The molecule has 1 aliphatic rings. The van der Waals surface area contributed by atoms with Gasteiger partial charge in [0.15, 0.2) is 5.82 Å². The highest BCUT2D eigenvalue weighted by molar-refractivity contribution is 6.03. The predicted molar refractivity (Wildman–Crippen MR) is 105 cm³/mol. The Bertz CT molecular complexity index is 1030. The molecule has 0 bridgehead atoms. The molecule has 1 unspecified atom stereocenters. The summed E-state index contributed by atoms with van der Waals surface area (Å²) in [7, 11) is 0. The van der Waals surface area contributed by atoms with Crippen molar-refractivity contribution in [2.75, 3.05) is 11.4 Å². The molecule has 0 saturated carbocycles. The molecule has 1 fully saturated rings. The summed E-state index contributed by atoms with van der Waals surface area (Å²) in [5, 5.41) is 16.0. The Balaban J connectivity index is 1.73. The predicted octanol–water partition coefficient (Wildman–Crippen LogP) is 2.85. The summed E-state index contributed by atoms with van der Waals surface area (Å²) in [5.74, 6) is 1.40. The van der Waals surface area contributed by atoms with E-state index in [9.17, 15) is 0 Å². The van der Waals surface area contributed by atoms with Crippen LogP contribution in [0.4, 0.5) is 5.82 Å². The highest BCUT2D eigenvalue weighted by Gasteiger charge is 2.22. The van der Waals surface area contributed by atoms with Crippen LogP contribution >= 0.6 is 0 Å². The van der Waals surface area contributed by atoms with Gasteiger partial charge in [0.1, 0.15) is 5.82 Å². The summed E-state index contributed by atoms with van der Waals surface area (Å²) in [6.45, 7) is 3.22. The molecule has 1 atom stereocenters. The zero-order valence-electron chi connectivity index (χ0n) is 15.0. The molecule has 0 aliphatic carbocycles. The van der Waals surface area contributed by atoms with Gasteiger partial charge in [-0.1, -0.05) is 0 Å². The van der Waals surface area contributed by atoms with Crippen LogP contribution < -0.4 is 10.6 Å². The SMILES string of the molecule is CC1CCCN1c1ccnc(-c2c[nH]c3ccc(C(=N)OC(=N)N)cc23)n1. The summed E-state index contributed by atoms with van der Waals surface area (Å²) in [4.78, 5) is 14.8. The van der Waals surface area contributed by atoms with Crippen molar-refractivity contribution in [1.82, 2.24) is 15.0 Å². The van der Waals surface area contributed by atoms with Crippen molar-refractivity contribution in [3.8, 4) is 11.4 Å². The third-order valence-corrected chi connectivity index (χ3v) is 4.88. The molecule has 138 valence electrons. The highest BCUT2D eigenvalue weighted by Crippen LogP contribution is 2.30. The molecule has 0 amide bonds. The number of benzene rings is 1. The Kier molecular flexibility index (Phi) is 4.23. The number of ether oxygens (including phenoxy) is 1. The molecule has 8 nitrogen and oxygen atoms in total. The number of fused-ring (bicyclic) bond motifs is 1. The van der Waals surface area contributed by atoms with Gasteiger partial charge in [-0.05, 0) is 44.0 Å². The molecule has 8 heteroatoms. The molecule has 1 aromatic carbocycles. The molecular weight excluding hydrogens is 342 g/mol. The Labute approximate surface area is 156 Å². The number of anilines is 1. The first-order valence-electron chi connectivity index (χ1n) is 8.85. The van der Waals surface area contributed by atoms with Crippen LogP contribution in [0.5, 0.6) is 0 Å². The standard InChI is InChI=1S/C19H21N7O/c1-11-3-2-8-26(11)16-6-7-23-18(25-16)14-10-24-15-5-4-12(9-13(14)15)17(20)27-19(21)22/h4-7,9-11,20,24H,2-3,8H2,1H3,(H3,21,22). The van der Waals surface area contributed by atoms with Gasteiger partial charge in [-0.25, -0.2) is 9.97 Å². The molecule has 2 aromatic heterocycles. The maximum absolute atomic E-state index is 7.94. The van der Waals surface area contributed by atoms with Gasteiger partial charge < -0.3 is 20.4 Å². The monoisotopic (exact) mass is 363 g/mol. The first-order chi connectivity index (χ1) is 13.0. The minimum Gasteiger partial charge on any atom is -0.407 e. The van der Waals surface area contributed by atoms with Crippen LogP contribution in [0.3, 0.4) is 0 Å². The van der Waals surface area contributed by atoms with E-state index < -0.39 is 6.02 Å². The highest BCUT2D eigenvalue weighted by atomic mass is 16.5. The summed E-state index contributed by atoms with van der Waals surface area (Å²) < 4.78 is 4.90. The lowest BCUT2D eigenvalue weighted by atomic mass is 10.1. The van der Waals surface area contributed by atoms with Crippen molar-refractivity contribution in [2.45, 2.75) is 25.8 Å². The van der Waals surface area contributed by atoms with E-state index in [1.807, 2.05) is 24.4 Å².